The minimum Gasteiger partial charge on any atom is -0.493 e. The van der Waals surface area contributed by atoms with E-state index in [4.69, 9.17) is 21.7 Å². The maximum absolute atomic E-state index is 5.98. The molecule has 0 radical (unpaired) electrons. The van der Waals surface area contributed by atoms with Crippen LogP contribution in [0, 0.1) is 0 Å². The van der Waals surface area contributed by atoms with Gasteiger partial charge in [-0.25, -0.2) is 0 Å². The summed E-state index contributed by atoms with van der Waals surface area (Å²) in [5.41, 5.74) is 2.10. The van der Waals surface area contributed by atoms with Gasteiger partial charge in [-0.2, -0.15) is 0 Å². The van der Waals surface area contributed by atoms with E-state index in [1.165, 1.54) is 12.8 Å². The van der Waals surface area contributed by atoms with Gasteiger partial charge in [-0.15, -0.1) is 0 Å². The molecule has 0 aliphatic carbocycles. The van der Waals surface area contributed by atoms with Crippen molar-refractivity contribution in [2.24, 2.45) is 0 Å². The summed E-state index contributed by atoms with van der Waals surface area (Å²) in [4.78, 5) is 3.13. The standard InChI is InChI=1S/C19H20BrNO2S/c1-22-17-12-15(19(24)21-9-5-6-10-21)11-16(20)18(17)23-13-14-7-3-2-4-8-14/h2-4,7-8,11-12H,5-6,9-10,13H2,1H3. The van der Waals surface area contributed by atoms with Crippen LogP contribution in [0.1, 0.15) is 24.0 Å². The Morgan fingerprint density at radius 2 is 1.88 bits per heavy atom. The van der Waals surface area contributed by atoms with Crippen LogP contribution in [-0.4, -0.2) is 30.1 Å². The third kappa shape index (κ3) is 3.90. The summed E-state index contributed by atoms with van der Waals surface area (Å²) in [7, 11) is 1.65. The second-order valence-electron chi connectivity index (χ2n) is 5.76. The van der Waals surface area contributed by atoms with E-state index in [1.54, 1.807) is 7.11 Å². The van der Waals surface area contributed by atoms with Crippen molar-refractivity contribution in [3.05, 3.63) is 58.1 Å². The number of nitrogens with zero attached hydrogens (tertiary/aromatic N) is 1. The minimum atomic E-state index is 0.492. The average molecular weight is 406 g/mol. The van der Waals surface area contributed by atoms with Crippen molar-refractivity contribution < 1.29 is 9.47 Å². The molecule has 2 aromatic rings. The highest BCUT2D eigenvalue weighted by Gasteiger charge is 2.19. The highest BCUT2D eigenvalue weighted by atomic mass is 79.9. The highest BCUT2D eigenvalue weighted by molar-refractivity contribution is 9.10. The monoisotopic (exact) mass is 405 g/mol. The van der Waals surface area contributed by atoms with Gasteiger partial charge in [0.15, 0.2) is 11.5 Å². The van der Waals surface area contributed by atoms with Gasteiger partial charge in [0.05, 0.1) is 11.6 Å². The number of rotatable bonds is 5. The smallest absolute Gasteiger partial charge is 0.175 e. The fraction of sp³-hybridized carbons (Fsp3) is 0.316. The van der Waals surface area contributed by atoms with E-state index in [0.29, 0.717) is 18.1 Å². The Morgan fingerprint density at radius 3 is 2.54 bits per heavy atom. The zero-order chi connectivity index (χ0) is 16.9. The van der Waals surface area contributed by atoms with Gasteiger partial charge in [0.25, 0.3) is 0 Å². The molecule has 24 heavy (non-hydrogen) atoms. The van der Waals surface area contributed by atoms with Crippen molar-refractivity contribution in [3.63, 3.8) is 0 Å². The van der Waals surface area contributed by atoms with Crippen LogP contribution in [0.3, 0.4) is 0 Å². The number of hydrogen-bond acceptors (Lipinski definition) is 3. The van der Waals surface area contributed by atoms with Crippen LogP contribution in [0.2, 0.25) is 0 Å². The van der Waals surface area contributed by atoms with Crippen LogP contribution in [0.25, 0.3) is 0 Å². The molecule has 0 spiro atoms. The molecule has 3 rings (SSSR count). The van der Waals surface area contributed by atoms with Gasteiger partial charge in [0.2, 0.25) is 0 Å². The summed E-state index contributed by atoms with van der Waals surface area (Å²) in [5, 5.41) is 0. The number of likely N-dealkylation sites (tertiary alicyclic amines) is 1. The Morgan fingerprint density at radius 1 is 1.17 bits per heavy atom. The SMILES string of the molecule is COc1cc(C(=S)N2CCCC2)cc(Br)c1OCc1ccccc1. The van der Waals surface area contributed by atoms with Crippen molar-refractivity contribution in [1.82, 2.24) is 4.90 Å². The molecule has 0 N–H and O–H groups in total. The first kappa shape index (κ1) is 17.2. The molecule has 1 fully saturated rings. The van der Waals surface area contributed by atoms with Gasteiger partial charge in [0.1, 0.15) is 11.6 Å². The predicted octanol–water partition coefficient (Wildman–Crippen LogP) is 4.81. The summed E-state index contributed by atoms with van der Waals surface area (Å²) in [6.07, 6.45) is 2.41. The van der Waals surface area contributed by atoms with Gasteiger partial charge in [-0.3, -0.25) is 0 Å². The number of methoxy groups -OCH3 is 1. The Kier molecular flexibility index (Phi) is 5.74. The van der Waals surface area contributed by atoms with Gasteiger partial charge in [0, 0.05) is 18.7 Å². The maximum atomic E-state index is 5.98. The quantitative estimate of drug-likeness (QED) is 0.665. The Balaban J connectivity index is 1.81. The van der Waals surface area contributed by atoms with Crippen LogP contribution in [0.15, 0.2) is 46.9 Å². The van der Waals surface area contributed by atoms with Gasteiger partial charge in [-0.05, 0) is 46.5 Å². The van der Waals surface area contributed by atoms with Crippen LogP contribution in [-0.2, 0) is 6.61 Å². The number of benzene rings is 2. The topological polar surface area (TPSA) is 21.7 Å². The molecular formula is C19H20BrNO2S. The fourth-order valence-corrected chi connectivity index (χ4v) is 3.67. The summed E-state index contributed by atoms with van der Waals surface area (Å²) in [6.45, 7) is 2.56. The normalized spacial score (nSPS) is 13.8. The third-order valence-corrected chi connectivity index (χ3v) is 5.18. The molecule has 0 bridgehead atoms. The Bertz CT molecular complexity index is 715. The highest BCUT2D eigenvalue weighted by Crippen LogP contribution is 2.37. The zero-order valence-corrected chi connectivity index (χ0v) is 16.0. The lowest BCUT2D eigenvalue weighted by Gasteiger charge is -2.20. The fourth-order valence-electron chi connectivity index (χ4n) is 2.82. The number of ether oxygens (including phenoxy) is 2. The average Bonchev–Trinajstić information content (AvgIpc) is 3.15. The summed E-state index contributed by atoms with van der Waals surface area (Å²) < 4.78 is 12.4. The molecule has 0 atom stereocenters. The molecule has 0 unspecified atom stereocenters. The van der Waals surface area contributed by atoms with E-state index in [1.807, 2.05) is 42.5 Å². The second kappa shape index (κ2) is 7.99. The molecule has 1 aliphatic rings. The van der Waals surface area contributed by atoms with Crippen LogP contribution >= 0.6 is 28.1 Å². The van der Waals surface area contributed by atoms with Crippen LogP contribution in [0.5, 0.6) is 11.5 Å². The van der Waals surface area contributed by atoms with Gasteiger partial charge in [-0.1, -0.05) is 42.5 Å². The number of thiocarbonyl (C=S) groups is 1. The van der Waals surface area contributed by atoms with E-state index in [-0.39, 0.29) is 0 Å². The molecular weight excluding hydrogens is 386 g/mol. The predicted molar refractivity (Wildman–Crippen MR) is 104 cm³/mol. The van der Waals surface area contributed by atoms with Crippen molar-refractivity contribution in [2.45, 2.75) is 19.4 Å². The van der Waals surface area contributed by atoms with E-state index < -0.39 is 0 Å². The van der Waals surface area contributed by atoms with Crippen LogP contribution < -0.4 is 9.47 Å². The molecule has 1 saturated heterocycles. The first-order valence-electron chi connectivity index (χ1n) is 8.02. The van der Waals surface area contributed by atoms with Gasteiger partial charge >= 0.3 is 0 Å². The number of hydrogen-bond donors (Lipinski definition) is 0. The van der Waals surface area contributed by atoms with Crippen molar-refractivity contribution in [2.75, 3.05) is 20.2 Å². The lowest BCUT2D eigenvalue weighted by Crippen LogP contribution is -2.26. The van der Waals surface area contributed by atoms with Crippen molar-refractivity contribution >= 4 is 33.1 Å². The second-order valence-corrected chi connectivity index (χ2v) is 7.00. The Labute approximate surface area is 156 Å². The third-order valence-electron chi connectivity index (χ3n) is 4.10. The molecule has 1 heterocycles. The van der Waals surface area contributed by atoms with Crippen LogP contribution in [0.4, 0.5) is 0 Å². The molecule has 0 aromatic heterocycles. The largest absolute Gasteiger partial charge is 0.493 e. The van der Waals surface area contributed by atoms with E-state index in [2.05, 4.69) is 20.8 Å². The van der Waals surface area contributed by atoms with E-state index in [9.17, 15) is 0 Å². The Hall–Kier alpha value is -1.59. The first-order valence-corrected chi connectivity index (χ1v) is 9.22. The molecule has 126 valence electrons. The molecule has 2 aromatic carbocycles. The van der Waals surface area contributed by atoms with Crippen molar-refractivity contribution in [1.29, 1.82) is 0 Å². The molecule has 0 amide bonds. The summed E-state index contributed by atoms with van der Waals surface area (Å²) in [6, 6.07) is 14.1. The maximum Gasteiger partial charge on any atom is 0.175 e. The zero-order valence-electron chi connectivity index (χ0n) is 13.6. The summed E-state index contributed by atoms with van der Waals surface area (Å²) >= 11 is 9.25. The van der Waals surface area contributed by atoms with Crippen molar-refractivity contribution in [3.8, 4) is 11.5 Å². The minimum absolute atomic E-state index is 0.492. The molecule has 3 nitrogen and oxygen atoms in total. The molecule has 0 saturated carbocycles. The molecule has 5 heteroatoms. The van der Waals surface area contributed by atoms with E-state index >= 15 is 0 Å². The lowest BCUT2D eigenvalue weighted by atomic mass is 10.2. The lowest BCUT2D eigenvalue weighted by molar-refractivity contribution is 0.282. The first-order chi connectivity index (χ1) is 11.7. The molecule has 1 aliphatic heterocycles. The van der Waals surface area contributed by atoms with Gasteiger partial charge < -0.3 is 14.4 Å². The van der Waals surface area contributed by atoms with E-state index in [0.717, 1.165) is 33.7 Å². The number of halogens is 1. The summed E-state index contributed by atoms with van der Waals surface area (Å²) in [5.74, 6) is 1.39.